The van der Waals surface area contributed by atoms with Gasteiger partial charge in [0.25, 0.3) is 5.91 Å². The molecule has 7 nitrogen and oxygen atoms in total. The number of hydrogen-bond acceptors (Lipinski definition) is 6. The van der Waals surface area contributed by atoms with Crippen LogP contribution in [0.25, 0.3) is 16.2 Å². The van der Waals surface area contributed by atoms with Crippen molar-refractivity contribution < 1.29 is 4.79 Å². The summed E-state index contributed by atoms with van der Waals surface area (Å²) >= 11 is 1.57. The van der Waals surface area contributed by atoms with E-state index >= 15 is 0 Å². The smallest absolute Gasteiger partial charge is 0.276 e. The van der Waals surface area contributed by atoms with Crippen molar-refractivity contribution >= 4 is 33.7 Å². The predicted octanol–water partition coefficient (Wildman–Crippen LogP) is 3.71. The Bertz CT molecular complexity index is 1100. The maximum absolute atomic E-state index is 12.7. The van der Waals surface area contributed by atoms with Crippen LogP contribution in [-0.2, 0) is 0 Å². The average Bonchev–Trinajstić information content (AvgIpc) is 3.46. The fraction of sp³-hybridized carbons (Fsp3) is 0.200. The molecule has 1 aliphatic heterocycles. The van der Waals surface area contributed by atoms with Crippen LogP contribution < -0.4 is 10.2 Å². The second-order valence-electron chi connectivity index (χ2n) is 6.69. The molecule has 4 heterocycles. The van der Waals surface area contributed by atoms with Crippen LogP contribution in [-0.4, -0.2) is 38.6 Å². The number of rotatable bonds is 4. The molecule has 4 aromatic rings. The topological polar surface area (TPSA) is 75.4 Å². The van der Waals surface area contributed by atoms with Crippen molar-refractivity contribution in [3.05, 3.63) is 59.9 Å². The molecule has 28 heavy (non-hydrogen) atoms. The number of fused-ring (bicyclic) bond motifs is 1. The molecule has 0 bridgehead atoms. The number of benzene rings is 1. The Morgan fingerprint density at radius 1 is 1.07 bits per heavy atom. The number of carbonyl (C=O) groups is 1. The van der Waals surface area contributed by atoms with Crippen molar-refractivity contribution in [2.24, 2.45) is 0 Å². The lowest BCUT2D eigenvalue weighted by molar-refractivity contribution is 0.102. The molecule has 1 saturated heterocycles. The minimum Gasteiger partial charge on any atom is -0.355 e. The fourth-order valence-electron chi connectivity index (χ4n) is 3.42. The summed E-state index contributed by atoms with van der Waals surface area (Å²) in [6.07, 6.45) is 6.27. The van der Waals surface area contributed by atoms with Gasteiger partial charge in [0.2, 0.25) is 0 Å². The van der Waals surface area contributed by atoms with Gasteiger partial charge in [0.05, 0.1) is 11.4 Å². The van der Waals surface area contributed by atoms with Crippen LogP contribution in [0.15, 0.2) is 54.2 Å². The summed E-state index contributed by atoms with van der Waals surface area (Å²) in [5.74, 6) is 0.543. The molecule has 0 atom stereocenters. The highest BCUT2D eigenvalue weighted by molar-refractivity contribution is 7.15. The van der Waals surface area contributed by atoms with Crippen LogP contribution in [0.5, 0.6) is 0 Å². The standard InChI is InChI=1S/C20H18N6OS/c27-19(16-7-8-18(24-23-16)25-9-3-4-10-25)21-15-6-2-1-5-14(15)17-13-26-11-12-28-20(26)22-17/h1-2,5-8,11-13H,3-4,9-10H2,(H,21,27). The first kappa shape index (κ1) is 16.9. The number of nitrogens with zero attached hydrogens (tertiary/aromatic N) is 5. The zero-order valence-corrected chi connectivity index (χ0v) is 15.9. The number of nitrogens with one attached hydrogen (secondary N) is 1. The fourth-order valence-corrected chi connectivity index (χ4v) is 4.12. The second-order valence-corrected chi connectivity index (χ2v) is 7.56. The predicted molar refractivity (Wildman–Crippen MR) is 110 cm³/mol. The van der Waals surface area contributed by atoms with E-state index in [1.54, 1.807) is 17.4 Å². The van der Waals surface area contributed by atoms with Gasteiger partial charge in [0.15, 0.2) is 16.5 Å². The van der Waals surface area contributed by atoms with Gasteiger partial charge in [-0.1, -0.05) is 18.2 Å². The molecule has 1 amide bonds. The molecule has 0 aliphatic carbocycles. The summed E-state index contributed by atoms with van der Waals surface area (Å²) in [6, 6.07) is 11.2. The third-order valence-electron chi connectivity index (χ3n) is 4.86. The molecule has 1 aliphatic rings. The molecule has 0 radical (unpaired) electrons. The minimum atomic E-state index is -0.283. The summed E-state index contributed by atoms with van der Waals surface area (Å²) in [6.45, 7) is 1.99. The van der Waals surface area contributed by atoms with Crippen LogP contribution >= 0.6 is 11.3 Å². The first-order chi connectivity index (χ1) is 13.8. The lowest BCUT2D eigenvalue weighted by atomic mass is 10.1. The molecule has 3 aromatic heterocycles. The minimum absolute atomic E-state index is 0.283. The Morgan fingerprint density at radius 2 is 1.93 bits per heavy atom. The van der Waals surface area contributed by atoms with Gasteiger partial charge < -0.3 is 10.2 Å². The summed E-state index contributed by atoms with van der Waals surface area (Å²) in [5, 5.41) is 13.3. The van der Waals surface area contributed by atoms with Crippen LogP contribution in [0.1, 0.15) is 23.3 Å². The van der Waals surface area contributed by atoms with Crippen LogP contribution in [0, 0.1) is 0 Å². The van der Waals surface area contributed by atoms with Crippen molar-refractivity contribution in [2.45, 2.75) is 12.8 Å². The zero-order valence-electron chi connectivity index (χ0n) is 15.1. The molecule has 0 unspecified atom stereocenters. The molecule has 140 valence electrons. The SMILES string of the molecule is O=C(Nc1ccccc1-c1cn2ccsc2n1)c1ccc(N2CCCC2)nn1. The maximum atomic E-state index is 12.7. The molecule has 1 fully saturated rings. The van der Waals surface area contributed by atoms with Crippen LogP contribution in [0.2, 0.25) is 0 Å². The summed E-state index contributed by atoms with van der Waals surface area (Å²) in [4.78, 5) is 20.4. The van der Waals surface area contributed by atoms with Crippen molar-refractivity contribution in [1.29, 1.82) is 0 Å². The van der Waals surface area contributed by atoms with E-state index in [2.05, 4.69) is 25.4 Å². The molecular formula is C20H18N6OS. The van der Waals surface area contributed by atoms with E-state index in [0.29, 0.717) is 11.4 Å². The van der Waals surface area contributed by atoms with Crippen LogP contribution in [0.3, 0.4) is 0 Å². The third kappa shape index (κ3) is 3.11. The van der Waals surface area contributed by atoms with Crippen molar-refractivity contribution in [3.8, 4) is 11.3 Å². The van der Waals surface area contributed by atoms with Crippen molar-refractivity contribution in [3.63, 3.8) is 0 Å². The highest BCUT2D eigenvalue weighted by Gasteiger charge is 2.17. The third-order valence-corrected chi connectivity index (χ3v) is 5.63. The van der Waals surface area contributed by atoms with Gasteiger partial charge in [-0.3, -0.25) is 9.20 Å². The molecule has 0 spiro atoms. The number of para-hydroxylation sites is 1. The number of hydrogen-bond donors (Lipinski definition) is 1. The highest BCUT2D eigenvalue weighted by atomic mass is 32.1. The first-order valence-electron chi connectivity index (χ1n) is 9.19. The molecule has 0 saturated carbocycles. The number of thiazole rings is 1. The van der Waals surface area contributed by atoms with E-state index < -0.39 is 0 Å². The molecule has 1 aromatic carbocycles. The molecule has 1 N–H and O–H groups in total. The summed E-state index contributed by atoms with van der Waals surface area (Å²) in [5.41, 5.74) is 2.68. The van der Waals surface area contributed by atoms with E-state index in [-0.39, 0.29) is 5.91 Å². The van der Waals surface area contributed by atoms with Gasteiger partial charge in [0.1, 0.15) is 0 Å². The van der Waals surface area contributed by atoms with Gasteiger partial charge in [-0.15, -0.1) is 21.5 Å². The molecule has 5 rings (SSSR count). The largest absolute Gasteiger partial charge is 0.355 e. The number of aromatic nitrogens is 4. The monoisotopic (exact) mass is 390 g/mol. The Morgan fingerprint density at radius 3 is 2.71 bits per heavy atom. The normalized spacial score (nSPS) is 13.9. The van der Waals surface area contributed by atoms with Gasteiger partial charge in [0, 0.05) is 36.4 Å². The van der Waals surface area contributed by atoms with Crippen LogP contribution in [0.4, 0.5) is 11.5 Å². The van der Waals surface area contributed by atoms with Gasteiger partial charge >= 0.3 is 0 Å². The summed E-state index contributed by atoms with van der Waals surface area (Å²) < 4.78 is 1.97. The highest BCUT2D eigenvalue weighted by Crippen LogP contribution is 2.28. The lowest BCUT2D eigenvalue weighted by Crippen LogP contribution is -2.21. The quantitative estimate of drug-likeness (QED) is 0.575. The average molecular weight is 390 g/mol. The van der Waals surface area contributed by atoms with Gasteiger partial charge in [-0.2, -0.15) is 0 Å². The first-order valence-corrected chi connectivity index (χ1v) is 10.1. The number of imidazole rings is 1. The molecular weight excluding hydrogens is 372 g/mol. The lowest BCUT2D eigenvalue weighted by Gasteiger charge is -2.15. The Labute approximate surface area is 165 Å². The van der Waals surface area contributed by atoms with Gasteiger partial charge in [-0.05, 0) is 31.0 Å². The van der Waals surface area contributed by atoms with E-state index in [0.717, 1.165) is 35.1 Å². The Balaban J connectivity index is 1.38. The second kappa shape index (κ2) is 7.05. The number of amides is 1. The molecule has 8 heteroatoms. The summed E-state index contributed by atoms with van der Waals surface area (Å²) in [7, 11) is 0. The number of carbonyl (C=O) groups excluding carboxylic acids is 1. The van der Waals surface area contributed by atoms with E-state index in [9.17, 15) is 4.79 Å². The number of anilines is 2. The van der Waals surface area contributed by atoms with Gasteiger partial charge in [-0.25, -0.2) is 4.98 Å². The zero-order chi connectivity index (χ0) is 18.9. The Hall–Kier alpha value is -3.26. The maximum Gasteiger partial charge on any atom is 0.276 e. The Kier molecular flexibility index (Phi) is 4.25. The van der Waals surface area contributed by atoms with Crippen molar-refractivity contribution in [1.82, 2.24) is 19.6 Å². The van der Waals surface area contributed by atoms with Crippen molar-refractivity contribution in [2.75, 3.05) is 23.3 Å². The van der Waals surface area contributed by atoms with E-state index in [1.165, 1.54) is 12.8 Å². The van der Waals surface area contributed by atoms with E-state index in [1.807, 2.05) is 52.5 Å². The van der Waals surface area contributed by atoms with E-state index in [4.69, 9.17) is 0 Å².